The predicted octanol–water partition coefficient (Wildman–Crippen LogP) is 5.34. The summed E-state index contributed by atoms with van der Waals surface area (Å²) in [7, 11) is 3.55. The van der Waals surface area contributed by atoms with Crippen LogP contribution in [0.25, 0.3) is 11.0 Å². The van der Waals surface area contributed by atoms with Gasteiger partial charge in [0.15, 0.2) is 0 Å². The molecule has 7 heteroatoms. The van der Waals surface area contributed by atoms with Crippen LogP contribution in [-0.2, 0) is 14.1 Å². The van der Waals surface area contributed by atoms with E-state index < -0.39 is 0 Å². The van der Waals surface area contributed by atoms with Gasteiger partial charge < -0.3 is 10.1 Å². The molecule has 0 aliphatic heterocycles. The molecule has 0 saturated heterocycles. The first kappa shape index (κ1) is 22.5. The zero-order valence-electron chi connectivity index (χ0n) is 19.0. The van der Waals surface area contributed by atoms with Gasteiger partial charge in [-0.3, -0.25) is 13.9 Å². The lowest BCUT2D eigenvalue weighted by atomic mass is 10.0. The molecule has 0 atom stereocenters. The number of aryl methyl sites for hydroxylation is 2. The van der Waals surface area contributed by atoms with Crippen molar-refractivity contribution in [2.75, 3.05) is 11.9 Å². The molecule has 3 aromatic rings. The molecule has 1 aliphatic rings. The van der Waals surface area contributed by atoms with Crippen molar-refractivity contribution in [1.82, 2.24) is 9.13 Å². The highest BCUT2D eigenvalue weighted by molar-refractivity contribution is 8.00. The maximum Gasteiger partial charge on any atom is 0.328 e. The van der Waals surface area contributed by atoms with Crippen LogP contribution in [0.5, 0.6) is 5.75 Å². The van der Waals surface area contributed by atoms with E-state index in [1.54, 1.807) is 35.4 Å². The van der Waals surface area contributed by atoms with Crippen LogP contribution in [-0.4, -0.2) is 26.9 Å². The van der Waals surface area contributed by atoms with Crippen molar-refractivity contribution in [2.24, 2.45) is 14.1 Å². The van der Waals surface area contributed by atoms with Crippen LogP contribution in [0.15, 0.2) is 46.1 Å². The van der Waals surface area contributed by atoms with Gasteiger partial charge in [0.25, 0.3) is 5.91 Å². The van der Waals surface area contributed by atoms with Gasteiger partial charge in [0, 0.05) is 29.8 Å². The topological polar surface area (TPSA) is 65.3 Å². The van der Waals surface area contributed by atoms with Crippen LogP contribution >= 0.6 is 11.8 Å². The van der Waals surface area contributed by atoms with E-state index in [1.807, 2.05) is 36.0 Å². The van der Waals surface area contributed by atoms with E-state index in [9.17, 15) is 9.59 Å². The summed E-state index contributed by atoms with van der Waals surface area (Å²) < 4.78 is 8.91. The maximum atomic E-state index is 13.0. The Morgan fingerprint density at radius 2 is 1.72 bits per heavy atom. The largest absolute Gasteiger partial charge is 0.494 e. The first-order valence-electron chi connectivity index (χ1n) is 11.4. The molecule has 0 unspecified atom stereocenters. The Labute approximate surface area is 193 Å². The Kier molecular flexibility index (Phi) is 6.94. The van der Waals surface area contributed by atoms with E-state index >= 15 is 0 Å². The molecular weight excluding hydrogens is 422 g/mol. The van der Waals surface area contributed by atoms with E-state index in [2.05, 4.69) is 12.2 Å². The van der Waals surface area contributed by atoms with Crippen molar-refractivity contribution >= 4 is 34.4 Å². The van der Waals surface area contributed by atoms with Crippen molar-refractivity contribution in [3.05, 3.63) is 52.4 Å². The predicted molar refractivity (Wildman–Crippen MR) is 131 cm³/mol. The first-order valence-corrected chi connectivity index (χ1v) is 12.3. The number of carbonyl (C=O) groups excluding carboxylic acids is 1. The van der Waals surface area contributed by atoms with Gasteiger partial charge in [-0.05, 0) is 55.7 Å². The fraction of sp³-hybridized carbons (Fsp3) is 0.440. The number of nitrogens with one attached hydrogen (secondary N) is 1. The number of nitrogens with zero attached hydrogens (tertiary/aromatic N) is 2. The third kappa shape index (κ3) is 4.72. The second kappa shape index (κ2) is 9.86. The molecule has 0 radical (unpaired) electrons. The van der Waals surface area contributed by atoms with Crippen LogP contribution in [0.3, 0.4) is 0 Å². The van der Waals surface area contributed by atoms with Crippen LogP contribution < -0.4 is 15.7 Å². The quantitative estimate of drug-likeness (QED) is 0.524. The van der Waals surface area contributed by atoms with Gasteiger partial charge in [-0.2, -0.15) is 0 Å². The Balaban J connectivity index is 1.64. The molecular formula is C25H31N3O3S. The molecule has 1 amide bonds. The molecule has 4 rings (SSSR count). The third-order valence-corrected chi connectivity index (χ3v) is 7.45. The number of thioether (sulfide) groups is 1. The molecule has 1 heterocycles. The van der Waals surface area contributed by atoms with Crippen molar-refractivity contribution < 1.29 is 9.53 Å². The van der Waals surface area contributed by atoms with Gasteiger partial charge in [-0.25, -0.2) is 4.79 Å². The molecule has 1 aromatic heterocycles. The second-order valence-corrected chi connectivity index (χ2v) is 9.78. The summed E-state index contributed by atoms with van der Waals surface area (Å²) in [5, 5.41) is 3.64. The number of carbonyl (C=O) groups is 1. The van der Waals surface area contributed by atoms with E-state index in [4.69, 9.17) is 4.74 Å². The Morgan fingerprint density at radius 1 is 1.06 bits per heavy atom. The molecule has 170 valence electrons. The van der Waals surface area contributed by atoms with Crippen molar-refractivity contribution in [3.63, 3.8) is 0 Å². The lowest BCUT2D eigenvalue weighted by molar-refractivity contribution is 0.102. The number of imidazole rings is 1. The van der Waals surface area contributed by atoms with Crippen molar-refractivity contribution in [1.29, 1.82) is 0 Å². The van der Waals surface area contributed by atoms with Gasteiger partial charge in [0.05, 0.1) is 23.3 Å². The van der Waals surface area contributed by atoms with Crippen molar-refractivity contribution in [3.8, 4) is 5.75 Å². The number of aromatic nitrogens is 2. The number of fused-ring (bicyclic) bond motifs is 1. The molecule has 6 nitrogen and oxygen atoms in total. The van der Waals surface area contributed by atoms with Crippen LogP contribution in [0.2, 0.25) is 0 Å². The molecule has 32 heavy (non-hydrogen) atoms. The summed E-state index contributed by atoms with van der Waals surface area (Å²) >= 11 is 1.82. The molecule has 1 N–H and O–H groups in total. The smallest absolute Gasteiger partial charge is 0.328 e. The number of hydrogen-bond donors (Lipinski definition) is 1. The maximum absolute atomic E-state index is 13.0. The highest BCUT2D eigenvalue weighted by Gasteiger charge is 2.20. The minimum atomic E-state index is -0.169. The van der Waals surface area contributed by atoms with Gasteiger partial charge in [-0.1, -0.05) is 26.2 Å². The average molecular weight is 454 g/mol. The molecule has 1 saturated carbocycles. The molecule has 1 fully saturated rings. The SMILES string of the molecule is CCCOc1ccc(C(=O)Nc2cc3c(cc2SC2CCCCC2)n(C)c(=O)n3C)cc1. The number of anilines is 1. The summed E-state index contributed by atoms with van der Waals surface area (Å²) in [6.45, 7) is 2.72. The Hall–Kier alpha value is -2.67. The van der Waals surface area contributed by atoms with E-state index in [0.717, 1.165) is 33.8 Å². The molecule has 2 aromatic carbocycles. The standard InChI is InChI=1S/C25H31N3O3S/c1-4-14-31-18-12-10-17(11-13-18)24(29)26-20-15-21-22(28(3)25(30)27(21)2)16-23(20)32-19-8-6-5-7-9-19/h10-13,15-16,19H,4-9,14H2,1-3H3,(H,26,29). The van der Waals surface area contributed by atoms with Gasteiger partial charge in [-0.15, -0.1) is 11.8 Å². The minimum absolute atomic E-state index is 0.0697. The van der Waals surface area contributed by atoms with E-state index in [-0.39, 0.29) is 11.6 Å². The Morgan fingerprint density at radius 3 is 2.38 bits per heavy atom. The monoisotopic (exact) mass is 453 g/mol. The fourth-order valence-corrected chi connectivity index (χ4v) is 5.55. The third-order valence-electron chi connectivity index (χ3n) is 6.06. The summed E-state index contributed by atoms with van der Waals surface area (Å²) in [6.07, 6.45) is 7.10. The van der Waals surface area contributed by atoms with Crippen LogP contribution in [0, 0.1) is 0 Å². The van der Waals surface area contributed by atoms with E-state index in [0.29, 0.717) is 17.4 Å². The fourth-order valence-electron chi connectivity index (χ4n) is 4.20. The molecule has 1 aliphatic carbocycles. The summed E-state index contributed by atoms with van der Waals surface area (Å²) in [5.74, 6) is 0.593. The summed E-state index contributed by atoms with van der Waals surface area (Å²) in [6, 6.07) is 11.2. The zero-order valence-corrected chi connectivity index (χ0v) is 19.8. The number of amides is 1. The molecule has 0 spiro atoms. The normalized spacial score (nSPS) is 14.6. The number of hydrogen-bond acceptors (Lipinski definition) is 4. The second-order valence-electron chi connectivity index (χ2n) is 8.44. The summed E-state index contributed by atoms with van der Waals surface area (Å²) in [4.78, 5) is 26.5. The van der Waals surface area contributed by atoms with Crippen LogP contribution in [0.4, 0.5) is 5.69 Å². The lowest BCUT2D eigenvalue weighted by Crippen LogP contribution is -2.19. The van der Waals surface area contributed by atoms with Gasteiger partial charge in [0.1, 0.15) is 5.75 Å². The number of rotatable bonds is 7. The zero-order chi connectivity index (χ0) is 22.7. The highest BCUT2D eigenvalue weighted by atomic mass is 32.2. The van der Waals surface area contributed by atoms with Crippen LogP contribution in [0.1, 0.15) is 55.8 Å². The number of ether oxygens (including phenoxy) is 1. The van der Waals surface area contributed by atoms with Gasteiger partial charge in [0.2, 0.25) is 0 Å². The number of benzene rings is 2. The van der Waals surface area contributed by atoms with E-state index in [1.165, 1.54) is 32.1 Å². The lowest BCUT2D eigenvalue weighted by Gasteiger charge is -2.22. The first-order chi connectivity index (χ1) is 15.5. The Bertz CT molecular complexity index is 1160. The minimum Gasteiger partial charge on any atom is -0.494 e. The highest BCUT2D eigenvalue weighted by Crippen LogP contribution is 2.39. The summed E-state index contributed by atoms with van der Waals surface area (Å²) in [5.41, 5.74) is 2.95. The molecule has 0 bridgehead atoms. The average Bonchev–Trinajstić information content (AvgIpc) is 3.02. The van der Waals surface area contributed by atoms with Gasteiger partial charge >= 0.3 is 5.69 Å². The van der Waals surface area contributed by atoms with Crippen molar-refractivity contribution in [2.45, 2.75) is 55.6 Å².